The van der Waals surface area contributed by atoms with E-state index in [1.807, 2.05) is 0 Å². The van der Waals surface area contributed by atoms with E-state index in [-0.39, 0.29) is 11.3 Å². The number of fused-ring (bicyclic) bond motifs is 5. The van der Waals surface area contributed by atoms with Crippen molar-refractivity contribution in [2.75, 3.05) is 31.1 Å². The van der Waals surface area contributed by atoms with Crippen molar-refractivity contribution >= 4 is 29.3 Å². The Bertz CT molecular complexity index is 1290. The third-order valence-electron chi connectivity index (χ3n) is 6.24. The average molecular weight is 472 g/mol. The van der Waals surface area contributed by atoms with Crippen LogP contribution in [0.4, 0.5) is 24.5 Å². The van der Waals surface area contributed by atoms with Gasteiger partial charge >= 0.3 is 12.1 Å². The topological polar surface area (TPSA) is 68.3 Å². The highest BCUT2D eigenvalue weighted by molar-refractivity contribution is 6.15. The molecule has 0 saturated heterocycles. The molecule has 1 spiro atoms. The van der Waals surface area contributed by atoms with E-state index in [0.29, 0.717) is 17.0 Å². The van der Waals surface area contributed by atoms with Crippen LogP contribution in [0, 0.1) is 0 Å². The molecule has 5 rings (SSSR count). The number of methoxy groups -OCH3 is 2. The molecule has 10 heteroatoms. The van der Waals surface area contributed by atoms with Crippen molar-refractivity contribution in [1.82, 2.24) is 0 Å². The van der Waals surface area contributed by atoms with Crippen LogP contribution in [-0.2, 0) is 24.7 Å². The van der Waals surface area contributed by atoms with Crippen molar-refractivity contribution < 1.29 is 37.0 Å². The standard InChI is InChI=1S/C24H19F3N2O5/c1-28-16-8-5-4-7-14(16)23(22(28)31)19(21(30)33-3)20(24(25,26)27)29-15-9-6-10-17(32-2)13(15)11-12-18(29)34-23/h4-12,18H,1-3H3/t18-,23+/m1/s1. The lowest BCUT2D eigenvalue weighted by molar-refractivity contribution is -0.160. The van der Waals surface area contributed by atoms with Crippen molar-refractivity contribution in [1.29, 1.82) is 0 Å². The molecule has 0 fully saturated rings. The maximum Gasteiger partial charge on any atom is 0.432 e. The SMILES string of the molecule is COC(=O)C1=C(C(F)(F)F)N2c3cccc(OC)c3C=C[C@H]2O[C@]12C(=O)N(C)c1ccccc12. The summed E-state index contributed by atoms with van der Waals surface area (Å²) in [7, 11) is 3.79. The lowest BCUT2D eigenvalue weighted by atomic mass is 9.82. The highest BCUT2D eigenvalue weighted by atomic mass is 19.4. The summed E-state index contributed by atoms with van der Waals surface area (Å²) in [5, 5.41) is 0. The molecule has 0 radical (unpaired) electrons. The molecule has 3 heterocycles. The van der Waals surface area contributed by atoms with Gasteiger partial charge in [0, 0.05) is 18.2 Å². The van der Waals surface area contributed by atoms with Gasteiger partial charge in [-0.3, -0.25) is 4.79 Å². The predicted octanol–water partition coefficient (Wildman–Crippen LogP) is 3.75. The first-order valence-corrected chi connectivity index (χ1v) is 10.3. The van der Waals surface area contributed by atoms with Gasteiger partial charge in [-0.2, -0.15) is 13.2 Å². The number of carbonyl (C=O) groups is 2. The van der Waals surface area contributed by atoms with Gasteiger partial charge in [0.2, 0.25) is 5.60 Å². The quantitative estimate of drug-likeness (QED) is 0.621. The van der Waals surface area contributed by atoms with Gasteiger partial charge in [-0.1, -0.05) is 24.3 Å². The number of rotatable bonds is 2. The summed E-state index contributed by atoms with van der Waals surface area (Å²) in [6.45, 7) is 0. The molecule has 0 saturated carbocycles. The minimum absolute atomic E-state index is 0.113. The Morgan fingerprint density at radius 1 is 1.09 bits per heavy atom. The van der Waals surface area contributed by atoms with Crippen LogP contribution in [0.25, 0.3) is 6.08 Å². The van der Waals surface area contributed by atoms with E-state index in [4.69, 9.17) is 14.2 Å². The summed E-state index contributed by atoms with van der Waals surface area (Å²) in [5.74, 6) is -1.79. The Labute approximate surface area is 192 Å². The number of nitrogens with zero attached hydrogens (tertiary/aromatic N) is 2. The van der Waals surface area contributed by atoms with E-state index in [0.717, 1.165) is 12.0 Å². The van der Waals surface area contributed by atoms with E-state index in [9.17, 15) is 22.8 Å². The van der Waals surface area contributed by atoms with Crippen molar-refractivity contribution in [3.63, 3.8) is 0 Å². The molecule has 0 aromatic heterocycles. The van der Waals surface area contributed by atoms with Crippen LogP contribution in [0.3, 0.4) is 0 Å². The molecule has 2 aromatic rings. The number of esters is 1. The van der Waals surface area contributed by atoms with Gasteiger partial charge in [0.15, 0.2) is 6.23 Å². The third kappa shape index (κ3) is 2.75. The number of hydrogen-bond donors (Lipinski definition) is 0. The minimum Gasteiger partial charge on any atom is -0.496 e. The number of halogens is 3. The van der Waals surface area contributed by atoms with E-state index < -0.39 is 41.2 Å². The predicted molar refractivity (Wildman–Crippen MR) is 116 cm³/mol. The molecule has 0 N–H and O–H groups in total. The molecule has 2 atom stereocenters. The molecular formula is C24H19F3N2O5. The van der Waals surface area contributed by atoms with Crippen LogP contribution in [0.1, 0.15) is 11.1 Å². The molecule has 0 unspecified atom stereocenters. The van der Waals surface area contributed by atoms with Crippen molar-refractivity contribution in [3.05, 3.63) is 70.9 Å². The molecule has 0 bridgehead atoms. The van der Waals surface area contributed by atoms with Crippen LogP contribution in [-0.4, -0.2) is 45.5 Å². The minimum atomic E-state index is -5.04. The van der Waals surface area contributed by atoms with Gasteiger partial charge in [0.1, 0.15) is 17.0 Å². The highest BCUT2D eigenvalue weighted by Crippen LogP contribution is 2.56. The summed E-state index contributed by atoms with van der Waals surface area (Å²) < 4.78 is 60.8. The number of likely N-dealkylation sites (N-methyl/N-ethyl adjacent to an activating group) is 1. The zero-order valence-electron chi connectivity index (χ0n) is 18.3. The van der Waals surface area contributed by atoms with Crippen LogP contribution in [0.5, 0.6) is 5.75 Å². The molecule has 1 amide bonds. The fourth-order valence-corrected chi connectivity index (χ4v) is 4.86. The smallest absolute Gasteiger partial charge is 0.432 e. The average Bonchev–Trinajstić information content (AvgIpc) is 3.03. The highest BCUT2D eigenvalue weighted by Gasteiger charge is 2.65. The third-order valence-corrected chi connectivity index (χ3v) is 6.24. The van der Waals surface area contributed by atoms with Crippen LogP contribution >= 0.6 is 0 Å². The fraction of sp³-hybridized carbons (Fsp3) is 0.250. The Morgan fingerprint density at radius 2 is 1.79 bits per heavy atom. The lowest BCUT2D eigenvalue weighted by Gasteiger charge is -2.47. The molecule has 7 nitrogen and oxygen atoms in total. The summed E-state index contributed by atoms with van der Waals surface area (Å²) in [5.41, 5.74) is -3.63. The normalized spacial score (nSPS) is 23.1. The van der Waals surface area contributed by atoms with E-state index in [1.54, 1.807) is 30.3 Å². The first-order chi connectivity index (χ1) is 16.2. The molecule has 3 aliphatic heterocycles. The zero-order valence-corrected chi connectivity index (χ0v) is 18.3. The first-order valence-electron chi connectivity index (χ1n) is 10.3. The fourth-order valence-electron chi connectivity index (χ4n) is 4.86. The maximum atomic E-state index is 14.8. The molecule has 34 heavy (non-hydrogen) atoms. The summed E-state index contributed by atoms with van der Waals surface area (Å²) in [4.78, 5) is 28.7. The van der Waals surface area contributed by atoms with Gasteiger partial charge in [0.25, 0.3) is 5.91 Å². The van der Waals surface area contributed by atoms with E-state index >= 15 is 0 Å². The number of amides is 1. The summed E-state index contributed by atoms with van der Waals surface area (Å²) in [6, 6.07) is 10.9. The van der Waals surface area contributed by atoms with Crippen LogP contribution < -0.4 is 14.5 Å². The Hall–Kier alpha value is -3.79. The van der Waals surface area contributed by atoms with Crippen molar-refractivity contribution in [2.45, 2.75) is 18.0 Å². The Morgan fingerprint density at radius 3 is 2.47 bits per heavy atom. The maximum absolute atomic E-state index is 14.8. The molecule has 3 aliphatic rings. The zero-order chi connectivity index (χ0) is 24.4. The van der Waals surface area contributed by atoms with Gasteiger partial charge in [-0.25, -0.2) is 4.79 Å². The van der Waals surface area contributed by atoms with Gasteiger partial charge in [0.05, 0.1) is 25.6 Å². The summed E-state index contributed by atoms with van der Waals surface area (Å²) >= 11 is 0. The Kier molecular flexibility index (Phi) is 4.77. The van der Waals surface area contributed by atoms with Crippen molar-refractivity contribution in [3.8, 4) is 5.75 Å². The number of allylic oxidation sites excluding steroid dienone is 1. The second kappa shape index (κ2) is 7.36. The second-order valence-electron chi connectivity index (χ2n) is 7.91. The molecule has 2 aromatic carbocycles. The first kappa shape index (κ1) is 22.0. The van der Waals surface area contributed by atoms with Crippen molar-refractivity contribution in [2.24, 2.45) is 0 Å². The number of ether oxygens (including phenoxy) is 3. The van der Waals surface area contributed by atoms with Crippen LogP contribution in [0.2, 0.25) is 0 Å². The molecule has 0 aliphatic carbocycles. The largest absolute Gasteiger partial charge is 0.496 e. The number of benzene rings is 2. The number of hydrogen-bond acceptors (Lipinski definition) is 6. The monoisotopic (exact) mass is 472 g/mol. The Balaban J connectivity index is 1.90. The summed E-state index contributed by atoms with van der Waals surface area (Å²) in [6.07, 6.45) is -3.40. The van der Waals surface area contributed by atoms with Gasteiger partial charge < -0.3 is 24.0 Å². The van der Waals surface area contributed by atoms with E-state index in [1.165, 1.54) is 43.3 Å². The number of alkyl halides is 3. The number of para-hydroxylation sites is 1. The van der Waals surface area contributed by atoms with Gasteiger partial charge in [-0.05, 0) is 30.4 Å². The number of carbonyl (C=O) groups excluding carboxylic acids is 2. The van der Waals surface area contributed by atoms with Crippen LogP contribution in [0.15, 0.2) is 59.8 Å². The molecular weight excluding hydrogens is 453 g/mol. The lowest BCUT2D eigenvalue weighted by Crippen LogP contribution is -2.58. The second-order valence-corrected chi connectivity index (χ2v) is 7.91. The number of anilines is 2. The van der Waals surface area contributed by atoms with Gasteiger partial charge in [-0.15, -0.1) is 0 Å². The van der Waals surface area contributed by atoms with E-state index in [2.05, 4.69) is 0 Å². The molecule has 176 valence electrons.